The first kappa shape index (κ1) is 30.0. The summed E-state index contributed by atoms with van der Waals surface area (Å²) in [6.07, 6.45) is -1.78. The van der Waals surface area contributed by atoms with Crippen molar-refractivity contribution in [1.29, 1.82) is 0 Å². The number of nitrogens with zero attached hydrogens (tertiary/aromatic N) is 3. The van der Waals surface area contributed by atoms with Gasteiger partial charge in [0, 0.05) is 18.3 Å². The minimum Gasteiger partial charge on any atom is -0.494 e. The maximum atomic E-state index is 13.9. The molecule has 1 atom stereocenters. The van der Waals surface area contributed by atoms with Crippen LogP contribution in [0.2, 0.25) is 0 Å². The van der Waals surface area contributed by atoms with Gasteiger partial charge in [-0.25, -0.2) is 9.38 Å². The number of hydrogen-bond donors (Lipinski definition) is 3. The van der Waals surface area contributed by atoms with Crippen LogP contribution in [0.25, 0.3) is 0 Å². The van der Waals surface area contributed by atoms with E-state index in [-0.39, 0.29) is 22.7 Å². The Hall–Kier alpha value is -4.52. The molecule has 3 rings (SSSR count). The van der Waals surface area contributed by atoms with Crippen molar-refractivity contribution in [2.24, 2.45) is 15.1 Å². The maximum absolute atomic E-state index is 13.9. The molecule has 40 heavy (non-hydrogen) atoms. The maximum Gasteiger partial charge on any atom is 0.573 e. The lowest BCUT2D eigenvalue weighted by molar-refractivity contribution is -0.274. The van der Waals surface area contributed by atoms with Crippen LogP contribution in [0.15, 0.2) is 81.8 Å². The Balaban J connectivity index is 1.50. The minimum absolute atomic E-state index is 0.167. The number of nitrogens with one attached hydrogen (secondary N) is 3. The highest BCUT2D eigenvalue weighted by atomic mass is 32.1. The summed E-state index contributed by atoms with van der Waals surface area (Å²) in [7, 11) is 2.99. The summed E-state index contributed by atoms with van der Waals surface area (Å²) in [6, 6.07) is 16.9. The topological polar surface area (TPSA) is 91.6 Å². The summed E-state index contributed by atoms with van der Waals surface area (Å²) in [4.78, 5) is 8.43. The van der Waals surface area contributed by atoms with Crippen LogP contribution < -0.4 is 25.5 Å². The monoisotopic (exact) mass is 574 g/mol. The van der Waals surface area contributed by atoms with Gasteiger partial charge in [-0.1, -0.05) is 30.3 Å². The number of ether oxygens (including phenoxy) is 2. The molecule has 3 N–H and O–H groups in total. The molecule has 0 heterocycles. The van der Waals surface area contributed by atoms with Gasteiger partial charge in [-0.15, -0.1) is 13.2 Å². The number of amidine groups is 1. The zero-order valence-electron chi connectivity index (χ0n) is 21.7. The van der Waals surface area contributed by atoms with Crippen LogP contribution in [0.4, 0.5) is 23.2 Å². The van der Waals surface area contributed by atoms with E-state index in [4.69, 9.17) is 17.0 Å². The second-order valence-corrected chi connectivity index (χ2v) is 8.51. The first-order valence-electron chi connectivity index (χ1n) is 11.7. The van der Waals surface area contributed by atoms with Crippen molar-refractivity contribution in [2.75, 3.05) is 19.5 Å². The predicted molar refractivity (Wildman–Crippen MR) is 152 cm³/mol. The first-order chi connectivity index (χ1) is 19.1. The van der Waals surface area contributed by atoms with Crippen LogP contribution >= 0.6 is 12.2 Å². The molecule has 0 aliphatic carbocycles. The number of anilines is 1. The molecule has 0 spiro atoms. The number of thiocarbonyl (C=S) groups is 1. The fourth-order valence-corrected chi connectivity index (χ4v) is 3.56. The molecular formula is C27H26F4N6O2S. The normalized spacial score (nSPS) is 12.8. The van der Waals surface area contributed by atoms with E-state index < -0.39 is 12.2 Å². The Morgan fingerprint density at radius 2 is 1.73 bits per heavy atom. The molecule has 3 aromatic carbocycles. The molecule has 0 saturated heterocycles. The molecule has 8 nitrogen and oxygen atoms in total. The van der Waals surface area contributed by atoms with Gasteiger partial charge in [-0.3, -0.25) is 10.4 Å². The predicted octanol–water partition coefficient (Wildman–Crippen LogP) is 5.81. The Bertz CT molecular complexity index is 1380. The Morgan fingerprint density at radius 1 is 1.02 bits per heavy atom. The van der Waals surface area contributed by atoms with Crippen molar-refractivity contribution in [1.82, 2.24) is 10.7 Å². The van der Waals surface area contributed by atoms with E-state index in [2.05, 4.69) is 35.9 Å². The third-order valence-corrected chi connectivity index (χ3v) is 5.50. The Morgan fingerprint density at radius 3 is 2.33 bits per heavy atom. The van der Waals surface area contributed by atoms with E-state index in [1.807, 2.05) is 19.1 Å². The molecule has 1 unspecified atom stereocenters. The highest BCUT2D eigenvalue weighted by Gasteiger charge is 2.30. The zero-order valence-corrected chi connectivity index (χ0v) is 22.5. The number of rotatable bonds is 9. The van der Waals surface area contributed by atoms with Crippen LogP contribution in [0.5, 0.6) is 11.5 Å². The molecule has 3 aromatic rings. The highest BCUT2D eigenvalue weighted by molar-refractivity contribution is 7.80. The van der Waals surface area contributed by atoms with Gasteiger partial charge in [-0.05, 0) is 66.7 Å². The number of methoxy groups -OCH3 is 1. The largest absolute Gasteiger partial charge is 0.573 e. The van der Waals surface area contributed by atoms with Gasteiger partial charge >= 0.3 is 6.36 Å². The van der Waals surface area contributed by atoms with Crippen LogP contribution in [-0.4, -0.2) is 44.0 Å². The summed E-state index contributed by atoms with van der Waals surface area (Å²) in [5.74, 6) is -0.177. The van der Waals surface area contributed by atoms with Crippen molar-refractivity contribution in [3.8, 4) is 11.5 Å². The van der Waals surface area contributed by atoms with Gasteiger partial charge in [0.05, 0.1) is 25.7 Å². The molecule has 0 amide bonds. The lowest BCUT2D eigenvalue weighted by Gasteiger charge is -2.16. The van der Waals surface area contributed by atoms with E-state index in [9.17, 15) is 17.6 Å². The van der Waals surface area contributed by atoms with Crippen molar-refractivity contribution < 1.29 is 27.0 Å². The van der Waals surface area contributed by atoms with Crippen LogP contribution in [0.3, 0.4) is 0 Å². The van der Waals surface area contributed by atoms with E-state index >= 15 is 0 Å². The van der Waals surface area contributed by atoms with Gasteiger partial charge in [0.1, 0.15) is 5.75 Å². The van der Waals surface area contributed by atoms with Crippen molar-refractivity contribution >= 4 is 41.4 Å². The average Bonchev–Trinajstić information content (AvgIpc) is 2.91. The second kappa shape index (κ2) is 14.0. The summed E-state index contributed by atoms with van der Waals surface area (Å²) in [5.41, 5.74) is 5.46. The van der Waals surface area contributed by atoms with Gasteiger partial charge < -0.3 is 20.1 Å². The number of benzene rings is 3. The molecule has 13 heteroatoms. The van der Waals surface area contributed by atoms with Crippen LogP contribution in [0, 0.1) is 5.82 Å². The molecule has 0 fully saturated rings. The van der Waals surface area contributed by atoms with E-state index in [1.54, 1.807) is 37.5 Å². The molecule has 0 radical (unpaired) electrons. The molecule has 0 aliphatic heterocycles. The Kier molecular flexibility index (Phi) is 10.5. The molecular weight excluding hydrogens is 548 g/mol. The summed E-state index contributed by atoms with van der Waals surface area (Å²) >= 11 is 5.26. The smallest absolute Gasteiger partial charge is 0.494 e. The van der Waals surface area contributed by atoms with Crippen LogP contribution in [-0.2, 0) is 0 Å². The van der Waals surface area contributed by atoms with Gasteiger partial charge in [0.15, 0.2) is 22.5 Å². The lowest BCUT2D eigenvalue weighted by Crippen LogP contribution is -2.34. The number of halogens is 4. The quantitative estimate of drug-likeness (QED) is 0.0983. The van der Waals surface area contributed by atoms with E-state index in [0.29, 0.717) is 17.1 Å². The highest BCUT2D eigenvalue weighted by Crippen LogP contribution is 2.24. The second-order valence-electron chi connectivity index (χ2n) is 8.10. The number of hydrazone groups is 1. The lowest BCUT2D eigenvalue weighted by atomic mass is 10.1. The van der Waals surface area contributed by atoms with Gasteiger partial charge in [0.25, 0.3) is 0 Å². The summed E-state index contributed by atoms with van der Waals surface area (Å²) < 4.78 is 59.5. The van der Waals surface area contributed by atoms with Crippen molar-refractivity contribution in [3.05, 3.63) is 89.2 Å². The van der Waals surface area contributed by atoms with Crippen molar-refractivity contribution in [3.63, 3.8) is 0 Å². The number of alkyl halides is 3. The number of hydrogen-bond acceptors (Lipinski definition) is 5. The first-order valence-corrected chi connectivity index (χ1v) is 12.1. The molecule has 0 bridgehead atoms. The SMILES string of the molecule is CN=C(N=CNc1ccc(OC(F)(F)F)cc1)c1ccc(/C=N/NC(=S)NC(C)c2ccc(OC)c(F)c2)cc1. The minimum atomic E-state index is -4.75. The van der Waals surface area contributed by atoms with E-state index in [1.165, 1.54) is 43.8 Å². The standard InChI is InChI=1S/C27H26F4N6O2S/c1-17(20-8-13-24(38-3)23(28)14-20)36-26(40)37-35-15-18-4-6-19(7-5-18)25(32-2)34-16-33-21-9-11-22(12-10-21)39-27(29,30)31/h4-17H,1-3H3,(H,32,33,34)(H2,36,37,40)/b35-15+. The van der Waals surface area contributed by atoms with Crippen molar-refractivity contribution in [2.45, 2.75) is 19.3 Å². The third-order valence-electron chi connectivity index (χ3n) is 5.29. The fourth-order valence-electron chi connectivity index (χ4n) is 3.33. The van der Waals surface area contributed by atoms with E-state index in [0.717, 1.165) is 11.1 Å². The Labute approximate surface area is 233 Å². The number of aliphatic imine (C=N–C) groups is 2. The molecule has 0 saturated carbocycles. The van der Waals surface area contributed by atoms with Gasteiger partial charge in [-0.2, -0.15) is 5.10 Å². The average molecular weight is 575 g/mol. The molecule has 0 aromatic heterocycles. The molecule has 0 aliphatic rings. The molecule has 210 valence electrons. The fraction of sp³-hybridized carbons (Fsp3) is 0.185. The van der Waals surface area contributed by atoms with Crippen LogP contribution in [0.1, 0.15) is 29.7 Å². The third kappa shape index (κ3) is 9.34. The zero-order chi connectivity index (χ0) is 29.1. The van der Waals surface area contributed by atoms with Gasteiger partial charge in [0.2, 0.25) is 0 Å². The summed E-state index contributed by atoms with van der Waals surface area (Å²) in [5, 5.41) is 10.3. The summed E-state index contributed by atoms with van der Waals surface area (Å²) in [6.45, 7) is 1.84.